The van der Waals surface area contributed by atoms with Crippen LogP contribution < -0.4 is 16.6 Å². The van der Waals surface area contributed by atoms with E-state index in [2.05, 4.69) is 34.6 Å². The third kappa shape index (κ3) is 2.48. The summed E-state index contributed by atoms with van der Waals surface area (Å²) in [6.45, 7) is 6.81. The molecular formula is C11H19N5O. The van der Waals surface area contributed by atoms with Crippen molar-refractivity contribution in [2.75, 3.05) is 17.3 Å². The van der Waals surface area contributed by atoms with Gasteiger partial charge in [-0.05, 0) is 27.2 Å². The van der Waals surface area contributed by atoms with Crippen molar-refractivity contribution < 1.29 is 4.74 Å². The highest BCUT2D eigenvalue weighted by atomic mass is 16.5. The lowest BCUT2D eigenvalue weighted by atomic mass is 9.95. The third-order valence-corrected chi connectivity index (χ3v) is 3.29. The Morgan fingerprint density at radius 3 is 2.76 bits per heavy atom. The minimum absolute atomic E-state index is 0.0906. The molecule has 1 aliphatic heterocycles. The van der Waals surface area contributed by atoms with Crippen LogP contribution in [0, 0.1) is 6.92 Å². The molecule has 0 bridgehead atoms. The quantitative estimate of drug-likeness (QED) is 0.538. The van der Waals surface area contributed by atoms with Gasteiger partial charge in [-0.1, -0.05) is 0 Å². The average Bonchev–Trinajstić information content (AvgIpc) is 2.58. The Hall–Kier alpha value is -1.40. The topological polar surface area (TPSA) is 85.1 Å². The zero-order valence-corrected chi connectivity index (χ0v) is 10.4. The van der Waals surface area contributed by atoms with Gasteiger partial charge in [0.15, 0.2) is 0 Å². The van der Waals surface area contributed by atoms with Gasteiger partial charge in [0, 0.05) is 12.7 Å². The summed E-state index contributed by atoms with van der Waals surface area (Å²) in [6, 6.07) is 1.79. The summed E-state index contributed by atoms with van der Waals surface area (Å²) in [6.07, 6.45) is 1.12. The first-order valence-electron chi connectivity index (χ1n) is 5.75. The van der Waals surface area contributed by atoms with Crippen molar-refractivity contribution in [1.29, 1.82) is 0 Å². The molecule has 2 rings (SSSR count). The molecule has 2 atom stereocenters. The molecule has 2 unspecified atom stereocenters. The van der Waals surface area contributed by atoms with Crippen LogP contribution in [0.25, 0.3) is 0 Å². The van der Waals surface area contributed by atoms with E-state index in [1.54, 1.807) is 6.07 Å². The first kappa shape index (κ1) is 12.1. The first-order valence-corrected chi connectivity index (χ1v) is 5.75. The number of nitrogen functional groups attached to an aromatic ring is 1. The second-order valence-corrected chi connectivity index (χ2v) is 4.64. The Bertz CT molecular complexity index is 411. The first-order chi connectivity index (χ1) is 8.03. The monoisotopic (exact) mass is 237 g/mol. The van der Waals surface area contributed by atoms with Crippen molar-refractivity contribution >= 4 is 11.6 Å². The lowest BCUT2D eigenvalue weighted by Gasteiger charge is -2.29. The van der Waals surface area contributed by atoms with Gasteiger partial charge in [0.05, 0.1) is 11.6 Å². The molecule has 6 nitrogen and oxygen atoms in total. The molecule has 0 amide bonds. The number of rotatable bonds is 3. The van der Waals surface area contributed by atoms with E-state index < -0.39 is 0 Å². The minimum atomic E-state index is -0.0906. The van der Waals surface area contributed by atoms with Crippen molar-refractivity contribution in [3.8, 4) is 0 Å². The number of hydrazine groups is 1. The molecule has 0 aromatic carbocycles. The van der Waals surface area contributed by atoms with Crippen molar-refractivity contribution in [1.82, 2.24) is 9.97 Å². The molecule has 1 aliphatic rings. The second-order valence-electron chi connectivity index (χ2n) is 4.64. The predicted molar refractivity (Wildman–Crippen MR) is 66.6 cm³/mol. The average molecular weight is 237 g/mol. The molecule has 1 fully saturated rings. The van der Waals surface area contributed by atoms with Gasteiger partial charge in [0.1, 0.15) is 17.5 Å². The van der Waals surface area contributed by atoms with Gasteiger partial charge >= 0.3 is 0 Å². The van der Waals surface area contributed by atoms with E-state index in [1.165, 1.54) is 0 Å². The van der Waals surface area contributed by atoms with E-state index in [4.69, 9.17) is 10.6 Å². The van der Waals surface area contributed by atoms with Crippen LogP contribution in [-0.4, -0.2) is 28.2 Å². The van der Waals surface area contributed by atoms with Crippen LogP contribution in [0.15, 0.2) is 6.07 Å². The highest BCUT2D eigenvalue weighted by Crippen LogP contribution is 2.29. The molecule has 0 radical (unpaired) electrons. The smallest absolute Gasteiger partial charge is 0.145 e. The number of aryl methyl sites for hydroxylation is 1. The van der Waals surface area contributed by atoms with Crippen LogP contribution in [0.5, 0.6) is 0 Å². The number of nitrogens with two attached hydrogens (primary N) is 1. The van der Waals surface area contributed by atoms with Gasteiger partial charge in [0.2, 0.25) is 0 Å². The van der Waals surface area contributed by atoms with E-state index in [1.807, 2.05) is 6.92 Å². The fraction of sp³-hybridized carbons (Fsp3) is 0.636. The lowest BCUT2D eigenvalue weighted by molar-refractivity contribution is 0.105. The number of hydrogen-bond acceptors (Lipinski definition) is 6. The lowest BCUT2D eigenvalue weighted by Crippen LogP contribution is -2.41. The van der Waals surface area contributed by atoms with E-state index in [0.29, 0.717) is 11.6 Å². The van der Waals surface area contributed by atoms with Crippen LogP contribution in [0.1, 0.15) is 26.1 Å². The Morgan fingerprint density at radius 1 is 1.47 bits per heavy atom. The second kappa shape index (κ2) is 4.46. The van der Waals surface area contributed by atoms with Crippen LogP contribution in [0.4, 0.5) is 11.6 Å². The number of aromatic nitrogens is 2. The summed E-state index contributed by atoms with van der Waals surface area (Å²) >= 11 is 0. The van der Waals surface area contributed by atoms with Crippen LogP contribution in [0.2, 0.25) is 0 Å². The van der Waals surface area contributed by atoms with E-state index >= 15 is 0 Å². The van der Waals surface area contributed by atoms with E-state index in [0.717, 1.165) is 18.8 Å². The third-order valence-electron chi connectivity index (χ3n) is 3.29. The number of nitrogens with zero attached hydrogens (tertiary/aromatic N) is 2. The van der Waals surface area contributed by atoms with Gasteiger partial charge in [-0.25, -0.2) is 15.8 Å². The highest BCUT2D eigenvalue weighted by molar-refractivity contribution is 5.48. The van der Waals surface area contributed by atoms with Crippen LogP contribution in [0.3, 0.4) is 0 Å². The predicted octanol–water partition coefficient (Wildman–Crippen LogP) is 1.05. The van der Waals surface area contributed by atoms with Gasteiger partial charge < -0.3 is 15.5 Å². The normalized spacial score (nSPS) is 28.1. The fourth-order valence-corrected chi connectivity index (χ4v) is 2.00. The summed E-state index contributed by atoms with van der Waals surface area (Å²) < 4.78 is 5.58. The Kier molecular flexibility index (Phi) is 3.17. The molecule has 0 aliphatic carbocycles. The molecule has 2 heterocycles. The summed E-state index contributed by atoms with van der Waals surface area (Å²) in [5.74, 6) is 7.42. The Labute approximate surface area is 101 Å². The zero-order valence-electron chi connectivity index (χ0n) is 10.4. The standard InChI is InChI=1S/C11H19N5O/c1-7-11(3,4-5-17-7)15-9-6-10(16-12)14-8(2)13-9/h6-7H,4-5,12H2,1-3H3,(H2,13,14,15,16). The summed E-state index contributed by atoms with van der Waals surface area (Å²) in [5, 5.41) is 3.41. The molecular weight excluding hydrogens is 218 g/mol. The van der Waals surface area contributed by atoms with E-state index in [-0.39, 0.29) is 11.6 Å². The molecule has 4 N–H and O–H groups in total. The van der Waals surface area contributed by atoms with Gasteiger partial charge in [-0.2, -0.15) is 0 Å². The Balaban J connectivity index is 2.20. The van der Waals surface area contributed by atoms with Gasteiger partial charge in [0.25, 0.3) is 0 Å². The number of nitrogens with one attached hydrogen (secondary N) is 2. The highest BCUT2D eigenvalue weighted by Gasteiger charge is 2.37. The zero-order chi connectivity index (χ0) is 12.5. The number of hydrogen-bond donors (Lipinski definition) is 3. The minimum Gasteiger partial charge on any atom is -0.376 e. The Morgan fingerprint density at radius 2 is 2.18 bits per heavy atom. The number of anilines is 2. The molecule has 1 aromatic rings. The fourth-order valence-electron chi connectivity index (χ4n) is 2.00. The largest absolute Gasteiger partial charge is 0.376 e. The van der Waals surface area contributed by atoms with Gasteiger partial charge in [-0.15, -0.1) is 0 Å². The maximum Gasteiger partial charge on any atom is 0.145 e. The maximum absolute atomic E-state index is 5.58. The molecule has 0 spiro atoms. The van der Waals surface area contributed by atoms with Crippen molar-refractivity contribution in [3.63, 3.8) is 0 Å². The SMILES string of the molecule is Cc1nc(NN)cc(NC2(C)CCOC2C)n1. The van der Waals surface area contributed by atoms with Crippen molar-refractivity contribution in [2.45, 2.75) is 38.8 Å². The maximum atomic E-state index is 5.58. The molecule has 1 saturated heterocycles. The van der Waals surface area contributed by atoms with Crippen LogP contribution >= 0.6 is 0 Å². The van der Waals surface area contributed by atoms with E-state index in [9.17, 15) is 0 Å². The number of ether oxygens (including phenoxy) is 1. The molecule has 0 saturated carbocycles. The molecule has 1 aromatic heterocycles. The van der Waals surface area contributed by atoms with Crippen molar-refractivity contribution in [3.05, 3.63) is 11.9 Å². The van der Waals surface area contributed by atoms with Gasteiger partial charge in [-0.3, -0.25) is 0 Å². The summed E-state index contributed by atoms with van der Waals surface area (Å²) in [4.78, 5) is 8.50. The molecule has 94 valence electrons. The van der Waals surface area contributed by atoms with Crippen LogP contribution in [-0.2, 0) is 4.74 Å². The summed E-state index contributed by atoms with van der Waals surface area (Å²) in [5.41, 5.74) is 2.44. The summed E-state index contributed by atoms with van der Waals surface area (Å²) in [7, 11) is 0. The van der Waals surface area contributed by atoms with Crippen molar-refractivity contribution in [2.24, 2.45) is 5.84 Å². The molecule has 17 heavy (non-hydrogen) atoms. The molecule has 6 heteroatoms.